The normalized spacial score (nSPS) is 21.1. The van der Waals surface area contributed by atoms with Gasteiger partial charge in [-0.3, -0.25) is 0 Å². The van der Waals surface area contributed by atoms with Crippen LogP contribution in [0.15, 0.2) is 42.6 Å². The second-order valence-electron chi connectivity index (χ2n) is 10.5. The first kappa shape index (κ1) is 31.0. The van der Waals surface area contributed by atoms with E-state index < -0.39 is 47.7 Å². The first-order valence-corrected chi connectivity index (χ1v) is 13.2. The molecule has 1 aromatic heterocycles. The zero-order valence-electron chi connectivity index (χ0n) is 23.2. The fourth-order valence-electron chi connectivity index (χ4n) is 5.48. The Labute approximate surface area is 231 Å². The van der Waals surface area contributed by atoms with Gasteiger partial charge in [0.15, 0.2) is 0 Å². The summed E-state index contributed by atoms with van der Waals surface area (Å²) in [4.78, 5) is 33.4. The molecule has 3 N–H and O–H groups in total. The molecule has 1 aromatic carbocycles. The molecule has 2 aromatic rings. The predicted molar refractivity (Wildman–Crippen MR) is 143 cm³/mol. The number of likely N-dealkylation sites (tertiary alicyclic amines) is 1. The van der Waals surface area contributed by atoms with Crippen LogP contribution in [0.3, 0.4) is 0 Å². The van der Waals surface area contributed by atoms with Crippen molar-refractivity contribution in [3.8, 4) is 5.88 Å². The summed E-state index contributed by atoms with van der Waals surface area (Å²) in [6.07, 6.45) is -4.00. The van der Waals surface area contributed by atoms with Gasteiger partial charge in [0.2, 0.25) is 5.88 Å². The van der Waals surface area contributed by atoms with Gasteiger partial charge in [0.25, 0.3) is 0 Å². The molecule has 0 saturated carbocycles. The van der Waals surface area contributed by atoms with E-state index in [4.69, 9.17) is 9.84 Å². The van der Waals surface area contributed by atoms with Crippen LogP contribution in [0, 0.1) is 11.8 Å². The van der Waals surface area contributed by atoms with Crippen LogP contribution in [0.5, 0.6) is 5.88 Å². The second-order valence-corrected chi connectivity index (χ2v) is 10.5. The van der Waals surface area contributed by atoms with Crippen molar-refractivity contribution in [1.82, 2.24) is 14.8 Å². The molecule has 4 unspecified atom stereocenters. The van der Waals surface area contributed by atoms with Crippen molar-refractivity contribution >= 4 is 17.7 Å². The minimum Gasteiger partial charge on any atom is -0.480 e. The zero-order chi connectivity index (χ0) is 29.8. The van der Waals surface area contributed by atoms with E-state index in [9.17, 15) is 27.9 Å². The molecule has 2 amide bonds. The fourth-order valence-corrected chi connectivity index (χ4v) is 5.48. The van der Waals surface area contributed by atoms with Crippen molar-refractivity contribution in [1.29, 1.82) is 0 Å². The minimum absolute atomic E-state index is 0.0239. The van der Waals surface area contributed by atoms with E-state index in [0.717, 1.165) is 6.07 Å². The number of benzene rings is 1. The highest BCUT2D eigenvalue weighted by Crippen LogP contribution is 2.46. The van der Waals surface area contributed by atoms with E-state index in [1.165, 1.54) is 4.90 Å². The van der Waals surface area contributed by atoms with E-state index in [2.05, 4.69) is 10.3 Å². The summed E-state index contributed by atoms with van der Waals surface area (Å²) in [6, 6.07) is 7.21. The number of aliphatic hydroxyl groups excluding tert-OH is 1. The maximum atomic E-state index is 14.0. The monoisotopic (exact) mass is 566 g/mol. The first-order valence-electron chi connectivity index (χ1n) is 13.2. The number of aromatic nitrogens is 1. The maximum Gasteiger partial charge on any atom is 0.417 e. The number of alkyl halides is 3. The Kier molecular flexibility index (Phi) is 9.88. The van der Waals surface area contributed by atoms with E-state index in [0.29, 0.717) is 11.8 Å². The highest BCUT2D eigenvalue weighted by Gasteiger charge is 2.53. The molecule has 0 bridgehead atoms. The van der Waals surface area contributed by atoms with Crippen LogP contribution in [-0.4, -0.2) is 74.9 Å². The number of hydrogen-bond donors (Lipinski definition) is 3. The number of halogens is 3. The van der Waals surface area contributed by atoms with Crippen molar-refractivity contribution in [2.24, 2.45) is 11.8 Å². The lowest BCUT2D eigenvalue weighted by Crippen LogP contribution is -2.54. The molecular weight excluding hydrogens is 529 g/mol. The summed E-state index contributed by atoms with van der Waals surface area (Å²) in [5.74, 6) is -2.36. The van der Waals surface area contributed by atoms with Gasteiger partial charge in [0.1, 0.15) is 12.6 Å². The topological polar surface area (TPSA) is 115 Å². The number of aliphatic carboxylic acids is 1. The Morgan fingerprint density at radius 1 is 1.15 bits per heavy atom. The molecule has 2 heterocycles. The van der Waals surface area contributed by atoms with Crippen LogP contribution in [0.2, 0.25) is 0 Å². The SMILES string of the molecule is CC1C(CNc2cc(C(F)(F)F)cnc2OCCO)C(c2ccccc2)N(C(=O)N(C(C)C)C(C)C)C1C(=O)O. The number of anilines is 1. The van der Waals surface area contributed by atoms with Crippen molar-refractivity contribution in [2.75, 3.05) is 25.1 Å². The number of ether oxygens (including phenoxy) is 1. The number of aliphatic hydroxyl groups is 1. The molecule has 9 nitrogen and oxygen atoms in total. The van der Waals surface area contributed by atoms with Crippen LogP contribution in [0.4, 0.5) is 23.7 Å². The Morgan fingerprint density at radius 3 is 2.30 bits per heavy atom. The number of carbonyl (C=O) groups excluding carboxylic acids is 1. The molecule has 0 spiro atoms. The molecule has 220 valence electrons. The number of urea groups is 1. The number of carboxylic acid groups (broad SMARTS) is 1. The lowest BCUT2D eigenvalue weighted by Gasteiger charge is -2.39. The molecular formula is C28H37F3N4O5. The quantitative estimate of drug-likeness (QED) is 0.375. The fraction of sp³-hybridized carbons (Fsp3) is 0.536. The van der Waals surface area contributed by atoms with Gasteiger partial charge in [0.05, 0.1) is 23.9 Å². The van der Waals surface area contributed by atoms with Crippen molar-refractivity contribution in [3.63, 3.8) is 0 Å². The Hall–Kier alpha value is -3.54. The van der Waals surface area contributed by atoms with Crippen molar-refractivity contribution in [2.45, 2.75) is 65.0 Å². The van der Waals surface area contributed by atoms with Gasteiger partial charge in [-0.05, 0) is 45.2 Å². The molecule has 1 saturated heterocycles. The van der Waals surface area contributed by atoms with Gasteiger partial charge in [-0.25, -0.2) is 14.6 Å². The third kappa shape index (κ3) is 6.60. The maximum absolute atomic E-state index is 14.0. The van der Waals surface area contributed by atoms with Gasteiger partial charge < -0.3 is 30.1 Å². The summed E-state index contributed by atoms with van der Waals surface area (Å²) in [5.41, 5.74) is -0.329. The van der Waals surface area contributed by atoms with Crippen molar-refractivity contribution in [3.05, 3.63) is 53.7 Å². The Bertz CT molecular complexity index is 1150. The summed E-state index contributed by atoms with van der Waals surface area (Å²) in [7, 11) is 0. The van der Waals surface area contributed by atoms with E-state index in [-0.39, 0.29) is 43.4 Å². The molecule has 1 fully saturated rings. The van der Waals surface area contributed by atoms with E-state index in [1.807, 2.05) is 45.9 Å². The van der Waals surface area contributed by atoms with E-state index >= 15 is 0 Å². The average Bonchev–Trinajstić information content (AvgIpc) is 3.18. The molecule has 4 atom stereocenters. The van der Waals surface area contributed by atoms with Crippen LogP contribution >= 0.6 is 0 Å². The van der Waals surface area contributed by atoms with Gasteiger partial charge in [0, 0.05) is 30.7 Å². The second kappa shape index (κ2) is 12.8. The standard InChI is InChI=1S/C28H37F3N4O5/c1-16(2)34(17(3)4)27(39)35-23(26(37)38)18(5)21(24(35)19-9-7-6-8-10-19)15-32-22-13-20(28(29,30)31)14-33-25(22)40-12-11-36/h6-10,13-14,16-18,21,23-24,32,36H,11-12,15H2,1-5H3,(H,37,38). The lowest BCUT2D eigenvalue weighted by molar-refractivity contribution is -0.143. The van der Waals surface area contributed by atoms with Gasteiger partial charge in [-0.1, -0.05) is 37.3 Å². The number of pyridine rings is 1. The Morgan fingerprint density at radius 2 is 1.77 bits per heavy atom. The highest BCUT2D eigenvalue weighted by atomic mass is 19.4. The summed E-state index contributed by atoms with van der Waals surface area (Å²) in [5, 5.41) is 22.4. The molecule has 0 radical (unpaired) electrons. The first-order chi connectivity index (χ1) is 18.8. The number of amides is 2. The summed E-state index contributed by atoms with van der Waals surface area (Å²) in [6.45, 7) is 8.65. The summed E-state index contributed by atoms with van der Waals surface area (Å²) < 4.78 is 45.7. The van der Waals surface area contributed by atoms with Gasteiger partial charge >= 0.3 is 18.2 Å². The third-order valence-electron chi connectivity index (χ3n) is 7.16. The largest absolute Gasteiger partial charge is 0.480 e. The number of nitrogens with zero attached hydrogens (tertiary/aromatic N) is 3. The summed E-state index contributed by atoms with van der Waals surface area (Å²) >= 11 is 0. The van der Waals surface area contributed by atoms with Gasteiger partial charge in [-0.2, -0.15) is 13.2 Å². The molecule has 12 heteroatoms. The number of hydrogen-bond acceptors (Lipinski definition) is 6. The number of carbonyl (C=O) groups is 2. The average molecular weight is 567 g/mol. The smallest absolute Gasteiger partial charge is 0.417 e. The van der Waals surface area contributed by atoms with Crippen LogP contribution in [-0.2, 0) is 11.0 Å². The van der Waals surface area contributed by atoms with Crippen LogP contribution in [0.25, 0.3) is 0 Å². The molecule has 40 heavy (non-hydrogen) atoms. The third-order valence-corrected chi connectivity index (χ3v) is 7.16. The molecule has 1 aliphatic heterocycles. The predicted octanol–water partition coefficient (Wildman–Crippen LogP) is 4.88. The lowest BCUT2D eigenvalue weighted by atomic mass is 9.85. The van der Waals surface area contributed by atoms with Crippen LogP contribution in [0.1, 0.15) is 51.8 Å². The van der Waals surface area contributed by atoms with E-state index in [1.54, 1.807) is 24.0 Å². The Balaban J connectivity index is 2.07. The minimum atomic E-state index is -4.65. The number of nitrogens with one attached hydrogen (secondary N) is 1. The number of carboxylic acids is 1. The highest BCUT2D eigenvalue weighted by molar-refractivity contribution is 5.85. The zero-order valence-corrected chi connectivity index (χ0v) is 23.2. The molecule has 0 aliphatic carbocycles. The van der Waals surface area contributed by atoms with Crippen molar-refractivity contribution < 1.29 is 37.7 Å². The molecule has 1 aliphatic rings. The number of rotatable bonds is 10. The molecule has 3 rings (SSSR count). The van der Waals surface area contributed by atoms with Crippen LogP contribution < -0.4 is 10.1 Å². The van der Waals surface area contributed by atoms with Gasteiger partial charge in [-0.15, -0.1) is 0 Å².